The van der Waals surface area contributed by atoms with Gasteiger partial charge in [0.1, 0.15) is 6.61 Å². The molecule has 24 heavy (non-hydrogen) atoms. The van der Waals surface area contributed by atoms with Gasteiger partial charge in [-0.25, -0.2) is 8.78 Å². The summed E-state index contributed by atoms with van der Waals surface area (Å²) in [5.74, 6) is -2.23. The van der Waals surface area contributed by atoms with E-state index in [1.54, 1.807) is 22.6 Å². The van der Waals surface area contributed by atoms with Crippen LogP contribution in [-0.2, 0) is 11.4 Å². The molecule has 0 atom stereocenters. The second-order valence-electron chi connectivity index (χ2n) is 5.33. The molecule has 1 aliphatic rings. The number of hydrogen-bond donors (Lipinski definition) is 1. The summed E-state index contributed by atoms with van der Waals surface area (Å²) in [4.78, 5) is 13.3. The van der Waals surface area contributed by atoms with E-state index >= 15 is 0 Å². The lowest BCUT2D eigenvalue weighted by atomic mass is 10.2. The highest BCUT2D eigenvalue weighted by Gasteiger charge is 2.26. The quantitative estimate of drug-likeness (QED) is 0.583. The Bertz CT molecular complexity index is 756. The number of anilines is 1. The van der Waals surface area contributed by atoms with Gasteiger partial charge in [-0.2, -0.15) is 0 Å². The number of ether oxygens (including phenoxy) is 1. The fraction of sp³-hybridized carbons (Fsp3) is 0.235. The van der Waals surface area contributed by atoms with E-state index in [4.69, 9.17) is 4.74 Å². The third-order valence-corrected chi connectivity index (χ3v) is 4.73. The van der Waals surface area contributed by atoms with Crippen LogP contribution in [0.4, 0.5) is 14.5 Å². The van der Waals surface area contributed by atoms with E-state index in [1.807, 2.05) is 30.3 Å². The van der Waals surface area contributed by atoms with Crippen molar-refractivity contribution in [2.45, 2.75) is 6.61 Å². The first-order valence-electron chi connectivity index (χ1n) is 7.43. The number of hydrogen-bond acceptors (Lipinski definition) is 3. The summed E-state index contributed by atoms with van der Waals surface area (Å²) in [6.45, 7) is 1.18. The van der Waals surface area contributed by atoms with Gasteiger partial charge in [0.25, 0.3) is 0 Å². The average molecular weight is 444 g/mol. The number of halogens is 3. The topological polar surface area (TPSA) is 41.6 Å². The van der Waals surface area contributed by atoms with E-state index in [0.29, 0.717) is 13.1 Å². The lowest BCUT2D eigenvalue weighted by Crippen LogP contribution is -2.48. The zero-order chi connectivity index (χ0) is 17.1. The number of carbonyl (C=O) groups is 1. The smallest absolute Gasteiger partial charge is 0.241 e. The van der Waals surface area contributed by atoms with Crippen LogP contribution in [0, 0.1) is 15.2 Å². The molecule has 1 N–H and O–H groups in total. The van der Waals surface area contributed by atoms with Crippen LogP contribution in [-0.4, -0.2) is 25.5 Å². The van der Waals surface area contributed by atoms with Crippen molar-refractivity contribution in [3.63, 3.8) is 0 Å². The van der Waals surface area contributed by atoms with E-state index in [2.05, 4.69) is 5.32 Å². The maximum atomic E-state index is 14.6. The Labute approximate surface area is 151 Å². The standard InChI is InChI=1S/C17H15F2IN2O2/c18-12-8-13(22-7-6-21-9-14(22)23)16(20)15(19)17(12)24-10-11-4-2-1-3-5-11/h1-5,8,21H,6-7,9-10H2. The van der Waals surface area contributed by atoms with Crippen LogP contribution >= 0.6 is 22.6 Å². The minimum absolute atomic E-state index is 0.0661. The summed E-state index contributed by atoms with van der Waals surface area (Å²) in [5.41, 5.74) is 1.05. The molecule has 2 aromatic carbocycles. The van der Waals surface area contributed by atoms with Gasteiger partial charge >= 0.3 is 0 Å². The van der Waals surface area contributed by atoms with Crippen LogP contribution in [0.2, 0.25) is 0 Å². The van der Waals surface area contributed by atoms with E-state index in [0.717, 1.165) is 11.6 Å². The summed E-state index contributed by atoms with van der Waals surface area (Å²) < 4.78 is 34.4. The molecule has 126 valence electrons. The minimum Gasteiger partial charge on any atom is -0.483 e. The molecule has 1 fully saturated rings. The fourth-order valence-corrected chi connectivity index (χ4v) is 3.18. The molecular weight excluding hydrogens is 429 g/mol. The Hall–Kier alpha value is -1.74. The van der Waals surface area contributed by atoms with Gasteiger partial charge in [-0.15, -0.1) is 0 Å². The molecule has 0 aliphatic carbocycles. The molecule has 1 saturated heterocycles. The SMILES string of the molecule is O=C1CNCCN1c1cc(F)c(OCc2ccccc2)c(F)c1I. The Morgan fingerprint density at radius 2 is 2.00 bits per heavy atom. The summed E-state index contributed by atoms with van der Waals surface area (Å²) in [6, 6.07) is 10.3. The Balaban J connectivity index is 1.87. The monoisotopic (exact) mass is 444 g/mol. The van der Waals surface area contributed by atoms with Gasteiger partial charge in [0, 0.05) is 19.2 Å². The number of piperazine rings is 1. The molecule has 1 heterocycles. The van der Waals surface area contributed by atoms with Crippen LogP contribution < -0.4 is 15.0 Å². The van der Waals surface area contributed by atoms with Crippen LogP contribution in [0.3, 0.4) is 0 Å². The zero-order valence-corrected chi connectivity index (χ0v) is 14.8. The van der Waals surface area contributed by atoms with Crippen molar-refractivity contribution in [2.24, 2.45) is 0 Å². The van der Waals surface area contributed by atoms with Crippen molar-refractivity contribution in [1.29, 1.82) is 0 Å². The molecule has 0 bridgehead atoms. The van der Waals surface area contributed by atoms with Gasteiger partial charge < -0.3 is 15.0 Å². The van der Waals surface area contributed by atoms with Crippen LogP contribution in [0.1, 0.15) is 5.56 Å². The third-order valence-electron chi connectivity index (χ3n) is 3.70. The normalized spacial score (nSPS) is 14.8. The Kier molecular flexibility index (Phi) is 5.30. The Morgan fingerprint density at radius 3 is 2.71 bits per heavy atom. The molecule has 3 rings (SSSR count). The highest BCUT2D eigenvalue weighted by molar-refractivity contribution is 14.1. The number of benzene rings is 2. The molecule has 1 amide bonds. The largest absolute Gasteiger partial charge is 0.483 e. The number of nitrogens with one attached hydrogen (secondary N) is 1. The van der Waals surface area contributed by atoms with Crippen LogP contribution in [0.15, 0.2) is 36.4 Å². The van der Waals surface area contributed by atoms with Crippen LogP contribution in [0.5, 0.6) is 5.75 Å². The predicted octanol–water partition coefficient (Wildman–Crippen LogP) is 3.08. The van der Waals surface area contributed by atoms with Crippen molar-refractivity contribution in [2.75, 3.05) is 24.5 Å². The van der Waals surface area contributed by atoms with Gasteiger partial charge in [0.15, 0.2) is 17.4 Å². The molecule has 1 aliphatic heterocycles. The van der Waals surface area contributed by atoms with Crippen LogP contribution in [0.25, 0.3) is 0 Å². The number of rotatable bonds is 4. The molecule has 0 unspecified atom stereocenters. The maximum absolute atomic E-state index is 14.6. The number of nitrogens with zero attached hydrogens (tertiary/aromatic N) is 1. The first kappa shape index (κ1) is 17.1. The molecular formula is C17H15F2IN2O2. The first-order chi connectivity index (χ1) is 11.6. The van der Waals surface area contributed by atoms with E-state index in [1.165, 1.54) is 4.90 Å². The highest BCUT2D eigenvalue weighted by atomic mass is 127. The first-order valence-corrected chi connectivity index (χ1v) is 8.51. The molecule has 0 radical (unpaired) electrons. The zero-order valence-electron chi connectivity index (χ0n) is 12.7. The number of carbonyl (C=O) groups excluding carboxylic acids is 1. The third kappa shape index (κ3) is 3.51. The van der Waals surface area contributed by atoms with Crippen molar-refractivity contribution in [3.05, 3.63) is 57.2 Å². The van der Waals surface area contributed by atoms with E-state index in [9.17, 15) is 13.6 Å². The predicted molar refractivity (Wildman–Crippen MR) is 95.1 cm³/mol. The maximum Gasteiger partial charge on any atom is 0.241 e. The van der Waals surface area contributed by atoms with E-state index in [-0.39, 0.29) is 28.3 Å². The number of amides is 1. The van der Waals surface area contributed by atoms with Gasteiger partial charge in [-0.3, -0.25) is 4.79 Å². The lowest BCUT2D eigenvalue weighted by molar-refractivity contribution is -0.118. The molecule has 0 aromatic heterocycles. The summed E-state index contributed by atoms with van der Waals surface area (Å²) in [5, 5.41) is 2.93. The molecule has 7 heteroatoms. The second-order valence-corrected chi connectivity index (χ2v) is 6.41. The van der Waals surface area contributed by atoms with Crippen molar-refractivity contribution >= 4 is 34.2 Å². The molecule has 0 spiro atoms. The average Bonchev–Trinajstić information content (AvgIpc) is 2.60. The molecule has 0 saturated carbocycles. The summed E-state index contributed by atoms with van der Waals surface area (Å²) in [6.07, 6.45) is 0. The highest BCUT2D eigenvalue weighted by Crippen LogP contribution is 2.34. The van der Waals surface area contributed by atoms with Gasteiger partial charge in [-0.1, -0.05) is 30.3 Å². The van der Waals surface area contributed by atoms with Gasteiger partial charge in [-0.05, 0) is 28.2 Å². The van der Waals surface area contributed by atoms with Gasteiger partial charge in [0.2, 0.25) is 5.91 Å². The molecule has 2 aromatic rings. The fourth-order valence-electron chi connectivity index (χ4n) is 2.49. The van der Waals surface area contributed by atoms with Crippen molar-refractivity contribution in [1.82, 2.24) is 5.32 Å². The lowest BCUT2D eigenvalue weighted by Gasteiger charge is -2.28. The Morgan fingerprint density at radius 1 is 1.25 bits per heavy atom. The van der Waals surface area contributed by atoms with Crippen molar-refractivity contribution < 1.29 is 18.3 Å². The summed E-state index contributed by atoms with van der Waals surface area (Å²) >= 11 is 1.78. The van der Waals surface area contributed by atoms with E-state index < -0.39 is 17.4 Å². The summed E-state index contributed by atoms with van der Waals surface area (Å²) in [7, 11) is 0. The minimum atomic E-state index is -0.815. The molecule has 4 nitrogen and oxygen atoms in total. The second kappa shape index (κ2) is 7.43. The van der Waals surface area contributed by atoms with Crippen molar-refractivity contribution in [3.8, 4) is 5.75 Å². The van der Waals surface area contributed by atoms with Gasteiger partial charge in [0.05, 0.1) is 15.8 Å².